The summed E-state index contributed by atoms with van der Waals surface area (Å²) in [5.41, 5.74) is 9.68. The molecule has 3 fully saturated rings. The van der Waals surface area contributed by atoms with Crippen LogP contribution in [0.15, 0.2) is 41.9 Å². The molecule has 1 aromatic carbocycles. The number of ether oxygens (including phenoxy) is 2. The number of cyclic esters (lactones) is 1. The van der Waals surface area contributed by atoms with Crippen molar-refractivity contribution in [2.24, 2.45) is 11.3 Å². The number of carbonyl (C=O) groups is 4. The van der Waals surface area contributed by atoms with E-state index in [4.69, 9.17) is 19.4 Å². The van der Waals surface area contributed by atoms with Gasteiger partial charge in [0.15, 0.2) is 0 Å². The number of aromatic nitrogens is 3. The van der Waals surface area contributed by atoms with Gasteiger partial charge < -0.3 is 34.1 Å². The van der Waals surface area contributed by atoms with E-state index in [-0.39, 0.29) is 43.0 Å². The maximum absolute atomic E-state index is 14.6. The Balaban J connectivity index is 1.17. The summed E-state index contributed by atoms with van der Waals surface area (Å²) in [6.45, 7) is 13.3. The highest BCUT2D eigenvalue weighted by Gasteiger charge is 2.41. The second kappa shape index (κ2) is 18.3. The van der Waals surface area contributed by atoms with E-state index >= 15 is 0 Å². The van der Waals surface area contributed by atoms with Crippen LogP contribution in [0.25, 0.3) is 33.4 Å². The fourth-order valence-electron chi connectivity index (χ4n) is 9.64. The minimum atomic E-state index is -1.03. The highest BCUT2D eigenvalue weighted by atomic mass is 32.1. The number of hydrogen-bond acceptors (Lipinski definition) is 11. The van der Waals surface area contributed by atoms with E-state index in [0.717, 1.165) is 64.1 Å². The summed E-state index contributed by atoms with van der Waals surface area (Å²) in [5, 5.41) is 8.26. The number of thiazole rings is 1. The van der Waals surface area contributed by atoms with Crippen LogP contribution in [-0.4, -0.2) is 136 Å². The van der Waals surface area contributed by atoms with E-state index in [0.29, 0.717) is 50.5 Å². The third kappa shape index (κ3) is 9.09. The molecule has 4 aliphatic heterocycles. The lowest BCUT2D eigenvalue weighted by Crippen LogP contribution is -2.65. The summed E-state index contributed by atoms with van der Waals surface area (Å²) in [7, 11) is 5.63. The second-order valence-corrected chi connectivity index (χ2v) is 19.9. The van der Waals surface area contributed by atoms with E-state index in [1.165, 1.54) is 21.2 Å². The van der Waals surface area contributed by atoms with Crippen molar-refractivity contribution in [3.05, 3.63) is 58.2 Å². The van der Waals surface area contributed by atoms with E-state index in [1.54, 1.807) is 11.9 Å². The van der Waals surface area contributed by atoms with Crippen molar-refractivity contribution >= 4 is 46.1 Å². The monoisotopic (exact) mass is 881 g/mol. The van der Waals surface area contributed by atoms with Crippen LogP contribution in [0.5, 0.6) is 0 Å². The molecule has 3 saturated heterocycles. The third-order valence-electron chi connectivity index (χ3n) is 13.1. The Bertz CT molecular complexity index is 2350. The third-order valence-corrected chi connectivity index (χ3v) is 14.0. The second-order valence-electron chi connectivity index (χ2n) is 19.0. The van der Waals surface area contributed by atoms with Gasteiger partial charge in [-0.05, 0) is 88.9 Å². The van der Waals surface area contributed by atoms with Crippen LogP contribution in [0.1, 0.15) is 82.7 Å². The van der Waals surface area contributed by atoms with Crippen molar-refractivity contribution in [2.45, 2.75) is 110 Å². The maximum atomic E-state index is 14.6. The molecular formula is C47H63N9O6S. The summed E-state index contributed by atoms with van der Waals surface area (Å²) >= 11 is 1.44. The topological polar surface area (TPSA) is 154 Å². The van der Waals surface area contributed by atoms with E-state index in [2.05, 4.69) is 65.2 Å². The number of hydrazine groups is 1. The smallest absolute Gasteiger partial charge is 0.324 e. The predicted molar refractivity (Wildman–Crippen MR) is 243 cm³/mol. The number of likely N-dealkylation sites (N-methyl/N-ethyl adjacent to an activating group) is 2. The molecule has 8 rings (SSSR count). The molecule has 2 N–H and O–H groups in total. The molecule has 338 valence electrons. The number of carbonyl (C=O) groups excluding carboxylic acids is 4. The van der Waals surface area contributed by atoms with Crippen molar-refractivity contribution in [3.8, 4) is 22.5 Å². The molecule has 3 aromatic heterocycles. The average Bonchev–Trinajstić information content (AvgIpc) is 4.01. The Morgan fingerprint density at radius 1 is 1.10 bits per heavy atom. The number of esters is 1. The van der Waals surface area contributed by atoms with E-state index in [9.17, 15) is 19.2 Å². The zero-order valence-corrected chi connectivity index (χ0v) is 38.8. The summed E-state index contributed by atoms with van der Waals surface area (Å²) in [4.78, 5) is 71.8. The molecule has 15 nitrogen and oxygen atoms in total. The lowest BCUT2D eigenvalue weighted by atomic mass is 9.84. The Labute approximate surface area is 374 Å². The zero-order valence-electron chi connectivity index (χ0n) is 38.0. The first-order chi connectivity index (χ1) is 30.1. The Kier molecular flexibility index (Phi) is 13.0. The van der Waals surface area contributed by atoms with Gasteiger partial charge in [-0.3, -0.25) is 24.4 Å². The highest BCUT2D eigenvalue weighted by molar-refractivity contribution is 7.10. The fraction of sp³-hybridized carbons (Fsp3) is 0.574. The van der Waals surface area contributed by atoms with Gasteiger partial charge in [0.05, 0.1) is 28.7 Å². The number of nitrogens with zero attached hydrogens (tertiary/aromatic N) is 7. The number of fused-ring (bicyclic) bond motifs is 6. The van der Waals surface area contributed by atoms with Gasteiger partial charge in [-0.15, -0.1) is 11.3 Å². The van der Waals surface area contributed by atoms with Crippen molar-refractivity contribution in [3.63, 3.8) is 0 Å². The molecule has 4 aromatic rings. The van der Waals surface area contributed by atoms with Crippen molar-refractivity contribution in [1.82, 2.24) is 45.0 Å². The number of amides is 4. The van der Waals surface area contributed by atoms with Crippen LogP contribution in [0, 0.1) is 11.3 Å². The maximum Gasteiger partial charge on any atom is 0.324 e. The molecule has 4 aliphatic rings. The van der Waals surface area contributed by atoms with Crippen LogP contribution in [0.2, 0.25) is 0 Å². The fourth-order valence-corrected chi connectivity index (χ4v) is 10.5. The summed E-state index contributed by atoms with van der Waals surface area (Å²) in [5.74, 6) is -1.49. The predicted octanol–water partition coefficient (Wildman–Crippen LogP) is 5.67. The Morgan fingerprint density at radius 2 is 1.89 bits per heavy atom. The molecule has 16 heteroatoms. The lowest BCUT2D eigenvalue weighted by Gasteiger charge is -2.45. The van der Waals surface area contributed by atoms with E-state index in [1.807, 2.05) is 45.6 Å². The zero-order chi connectivity index (χ0) is 44.7. The number of pyridine rings is 1. The van der Waals surface area contributed by atoms with Crippen molar-refractivity contribution in [2.75, 3.05) is 54.0 Å². The van der Waals surface area contributed by atoms with Gasteiger partial charge in [0.1, 0.15) is 24.2 Å². The van der Waals surface area contributed by atoms with Crippen molar-refractivity contribution < 1.29 is 28.7 Å². The van der Waals surface area contributed by atoms with Gasteiger partial charge in [-0.1, -0.05) is 33.8 Å². The number of rotatable bonds is 8. The van der Waals surface area contributed by atoms with E-state index < -0.39 is 35.4 Å². The molecule has 63 heavy (non-hydrogen) atoms. The first kappa shape index (κ1) is 44.7. The summed E-state index contributed by atoms with van der Waals surface area (Å²) in [6, 6.07) is 8.02. The number of benzene rings is 1. The summed E-state index contributed by atoms with van der Waals surface area (Å²) in [6.07, 6.45) is 5.45. The molecule has 4 atom stereocenters. The molecule has 0 aliphatic carbocycles. The molecular weight excluding hydrogens is 819 g/mol. The Morgan fingerprint density at radius 3 is 2.60 bits per heavy atom. The standard InChI is InChI=1S/C47H63N9O6S/c1-9-55-37-17-16-29-21-32(37)33(42(55)31-13-10-18-48-40(31)38-15-12-20-61-38)23-47(4,5)27-62-45(59)34-14-11-19-56(51-34)44(58)35(22-39-49-36(29)26-63-39)50-43(57)41(28(2)3)53(8)46(60)54-24-30(25-54)52(6)7/h10,13,16-18,21,26,28,30,34-35,38,41,51H,9,11-12,14-15,19-20,22-25,27H2,1-8H3,(H,50,57)/t34-,35-,38-,41-/m0/s1. The minimum absolute atomic E-state index is 0.0851. The van der Waals surface area contributed by atoms with Gasteiger partial charge in [0.2, 0.25) is 5.91 Å². The lowest BCUT2D eigenvalue weighted by molar-refractivity contribution is -0.155. The van der Waals surface area contributed by atoms with Crippen LogP contribution in [0.4, 0.5) is 4.79 Å². The number of aryl methyl sites for hydroxylation is 1. The van der Waals surface area contributed by atoms with Gasteiger partial charge in [-0.2, -0.15) is 0 Å². The average molecular weight is 882 g/mol. The number of hydrogen-bond donors (Lipinski definition) is 2. The first-order valence-electron chi connectivity index (χ1n) is 22.5. The van der Waals surface area contributed by atoms with Crippen LogP contribution < -0.4 is 10.7 Å². The minimum Gasteiger partial charge on any atom is -0.464 e. The quantitative estimate of drug-likeness (QED) is 0.212. The SMILES string of the molecule is CCn1c(-c2cccnc2[C@@H]2CCCO2)c2c3cc(ccc31)-c1csc(n1)C[C@H](NC(=O)[C@H](C(C)C)N(C)C(=O)N1CC(N(C)C)C1)C(=O)N1CCC[C@H](N1)C(=O)OCC(C)(C)C2. The van der Waals surface area contributed by atoms with Crippen LogP contribution in [-0.2, 0) is 43.2 Å². The molecule has 6 bridgehead atoms. The molecule has 4 amide bonds. The van der Waals surface area contributed by atoms with Gasteiger partial charge in [0, 0.05) is 91.3 Å². The first-order valence-corrected chi connectivity index (χ1v) is 23.4. The molecule has 7 heterocycles. The number of likely N-dealkylation sites (tertiary alicyclic amines) is 1. The van der Waals surface area contributed by atoms with Gasteiger partial charge in [-0.25, -0.2) is 15.2 Å². The largest absolute Gasteiger partial charge is 0.464 e. The van der Waals surface area contributed by atoms with Crippen molar-refractivity contribution in [1.29, 1.82) is 0 Å². The van der Waals surface area contributed by atoms with Gasteiger partial charge >= 0.3 is 12.0 Å². The number of urea groups is 1. The Hall–Kier alpha value is -4.90. The summed E-state index contributed by atoms with van der Waals surface area (Å²) < 4.78 is 14.7. The van der Waals surface area contributed by atoms with Crippen LogP contribution >= 0.6 is 11.3 Å². The van der Waals surface area contributed by atoms with Crippen LogP contribution in [0.3, 0.4) is 0 Å². The molecule has 0 spiro atoms. The van der Waals surface area contributed by atoms with Gasteiger partial charge in [0.25, 0.3) is 5.91 Å². The molecule has 0 saturated carbocycles. The molecule has 0 radical (unpaired) electrons. The normalized spacial score (nSPS) is 22.5. The highest BCUT2D eigenvalue weighted by Crippen LogP contribution is 2.43. The molecule has 0 unspecified atom stereocenters. The number of nitrogens with one attached hydrogen (secondary N) is 2.